The first kappa shape index (κ1) is 19.0. The van der Waals surface area contributed by atoms with Gasteiger partial charge < -0.3 is 0 Å². The Labute approximate surface area is 180 Å². The van der Waals surface area contributed by atoms with E-state index in [4.69, 9.17) is 16.6 Å². The van der Waals surface area contributed by atoms with Crippen molar-refractivity contribution in [3.63, 3.8) is 0 Å². The normalized spacial score (nSPS) is 13.9. The smallest absolute Gasteiger partial charge is 0.159 e. The van der Waals surface area contributed by atoms with Gasteiger partial charge in [0.15, 0.2) is 5.82 Å². The summed E-state index contributed by atoms with van der Waals surface area (Å²) in [6.45, 7) is 4.75. The van der Waals surface area contributed by atoms with Crippen molar-refractivity contribution in [3.05, 3.63) is 88.3 Å². The van der Waals surface area contributed by atoms with Gasteiger partial charge in [-0.15, -0.1) is 0 Å². The Morgan fingerprint density at radius 3 is 2.57 bits per heavy atom. The Morgan fingerprint density at radius 2 is 1.77 bits per heavy atom. The summed E-state index contributed by atoms with van der Waals surface area (Å²) >= 11 is 5.99. The summed E-state index contributed by atoms with van der Waals surface area (Å²) in [5.41, 5.74) is 8.05. The summed E-state index contributed by atoms with van der Waals surface area (Å²) < 4.78 is 0. The first-order valence-electron chi connectivity index (χ1n) is 10.1. The molecule has 1 aliphatic rings. The van der Waals surface area contributed by atoms with Gasteiger partial charge in [-0.05, 0) is 36.8 Å². The van der Waals surface area contributed by atoms with Gasteiger partial charge in [0.05, 0.1) is 17.6 Å². The van der Waals surface area contributed by atoms with Crippen molar-refractivity contribution in [1.29, 1.82) is 0 Å². The number of aromatic nitrogens is 4. The highest BCUT2D eigenvalue weighted by Crippen LogP contribution is 2.26. The highest BCUT2D eigenvalue weighted by atomic mass is 35.5. The standard InChI is InChI=1S/C24H22ClN5/c1-16-2-4-17(5-3-16)23-20(13-27-29-23)15-30-11-10-22-19(14-30)12-26-24(28-22)18-6-8-21(25)9-7-18/h2-9,12-13H,10-11,14-15H2,1H3,(H,27,29). The topological polar surface area (TPSA) is 57.7 Å². The minimum absolute atomic E-state index is 0.719. The summed E-state index contributed by atoms with van der Waals surface area (Å²) in [5, 5.41) is 8.18. The van der Waals surface area contributed by atoms with Crippen LogP contribution in [0.4, 0.5) is 0 Å². The molecule has 5 rings (SSSR count). The highest BCUT2D eigenvalue weighted by Gasteiger charge is 2.20. The van der Waals surface area contributed by atoms with Gasteiger partial charge in [0, 0.05) is 54.0 Å². The Morgan fingerprint density at radius 1 is 1.00 bits per heavy atom. The second-order valence-corrected chi connectivity index (χ2v) is 8.21. The molecule has 150 valence electrons. The van der Waals surface area contributed by atoms with Crippen molar-refractivity contribution in [1.82, 2.24) is 25.1 Å². The molecule has 0 fully saturated rings. The maximum absolute atomic E-state index is 5.99. The number of fused-ring (bicyclic) bond motifs is 1. The fourth-order valence-corrected chi connectivity index (χ4v) is 4.02. The third-order valence-corrected chi connectivity index (χ3v) is 5.82. The lowest BCUT2D eigenvalue weighted by atomic mass is 10.0. The van der Waals surface area contributed by atoms with E-state index in [1.807, 2.05) is 36.7 Å². The number of H-pyrrole nitrogens is 1. The van der Waals surface area contributed by atoms with E-state index in [0.29, 0.717) is 0 Å². The molecule has 2 aromatic heterocycles. The molecule has 1 aliphatic heterocycles. The molecule has 0 saturated carbocycles. The van der Waals surface area contributed by atoms with E-state index in [0.717, 1.165) is 53.9 Å². The molecule has 0 amide bonds. The third-order valence-electron chi connectivity index (χ3n) is 5.57. The number of hydrogen-bond donors (Lipinski definition) is 1. The molecular weight excluding hydrogens is 394 g/mol. The lowest BCUT2D eigenvalue weighted by Gasteiger charge is -2.28. The lowest BCUT2D eigenvalue weighted by molar-refractivity contribution is 0.243. The van der Waals surface area contributed by atoms with E-state index in [-0.39, 0.29) is 0 Å². The van der Waals surface area contributed by atoms with Crippen LogP contribution in [0.1, 0.15) is 22.4 Å². The van der Waals surface area contributed by atoms with Gasteiger partial charge >= 0.3 is 0 Å². The predicted molar refractivity (Wildman–Crippen MR) is 119 cm³/mol. The molecule has 0 aliphatic carbocycles. The van der Waals surface area contributed by atoms with Crippen LogP contribution in [0.2, 0.25) is 5.02 Å². The minimum atomic E-state index is 0.719. The van der Waals surface area contributed by atoms with Crippen LogP contribution in [0.5, 0.6) is 0 Å². The molecule has 0 radical (unpaired) electrons. The molecule has 3 heterocycles. The van der Waals surface area contributed by atoms with Gasteiger partial charge in [0.25, 0.3) is 0 Å². The van der Waals surface area contributed by atoms with Crippen LogP contribution < -0.4 is 0 Å². The van der Waals surface area contributed by atoms with Crippen LogP contribution in [0.3, 0.4) is 0 Å². The molecule has 0 atom stereocenters. The fourth-order valence-electron chi connectivity index (χ4n) is 3.89. The van der Waals surface area contributed by atoms with Crippen LogP contribution in [0.15, 0.2) is 60.9 Å². The van der Waals surface area contributed by atoms with E-state index in [9.17, 15) is 0 Å². The number of rotatable bonds is 4. The number of halogens is 1. The molecule has 0 spiro atoms. The number of benzene rings is 2. The molecule has 0 saturated heterocycles. The van der Waals surface area contributed by atoms with Crippen LogP contribution in [-0.2, 0) is 19.5 Å². The van der Waals surface area contributed by atoms with Crippen molar-refractivity contribution in [3.8, 4) is 22.6 Å². The number of hydrogen-bond acceptors (Lipinski definition) is 4. The van der Waals surface area contributed by atoms with Crippen molar-refractivity contribution in [2.75, 3.05) is 6.54 Å². The number of nitrogens with one attached hydrogen (secondary N) is 1. The van der Waals surface area contributed by atoms with E-state index >= 15 is 0 Å². The summed E-state index contributed by atoms with van der Waals surface area (Å²) in [6.07, 6.45) is 4.82. The number of aryl methyl sites for hydroxylation is 1. The molecule has 0 bridgehead atoms. The molecule has 4 aromatic rings. The maximum atomic E-state index is 5.99. The second kappa shape index (κ2) is 8.01. The van der Waals surface area contributed by atoms with Crippen molar-refractivity contribution < 1.29 is 0 Å². The lowest BCUT2D eigenvalue weighted by Crippen LogP contribution is -2.31. The first-order chi connectivity index (χ1) is 14.7. The molecule has 6 heteroatoms. The Balaban J connectivity index is 1.33. The van der Waals surface area contributed by atoms with E-state index in [1.54, 1.807) is 0 Å². The number of aromatic amines is 1. The molecule has 30 heavy (non-hydrogen) atoms. The number of nitrogens with zero attached hydrogens (tertiary/aromatic N) is 4. The Hall–Kier alpha value is -3.02. The quantitative estimate of drug-likeness (QED) is 0.506. The summed E-state index contributed by atoms with van der Waals surface area (Å²) in [5.74, 6) is 0.760. The molecule has 1 N–H and O–H groups in total. The highest BCUT2D eigenvalue weighted by molar-refractivity contribution is 6.30. The average Bonchev–Trinajstić information content (AvgIpc) is 3.22. The summed E-state index contributed by atoms with van der Waals surface area (Å²) in [4.78, 5) is 11.8. The van der Waals surface area contributed by atoms with Crippen molar-refractivity contribution >= 4 is 11.6 Å². The average molecular weight is 416 g/mol. The molecular formula is C24H22ClN5. The van der Waals surface area contributed by atoms with Gasteiger partial charge in [0.1, 0.15) is 0 Å². The Bertz CT molecular complexity index is 1170. The van der Waals surface area contributed by atoms with Crippen molar-refractivity contribution in [2.45, 2.75) is 26.4 Å². The molecule has 2 aromatic carbocycles. The second-order valence-electron chi connectivity index (χ2n) is 7.77. The van der Waals surface area contributed by atoms with Gasteiger partial charge in [-0.3, -0.25) is 10.00 Å². The fraction of sp³-hybridized carbons (Fsp3) is 0.208. The molecule has 5 nitrogen and oxygen atoms in total. The van der Waals surface area contributed by atoms with Gasteiger partial charge in [-0.1, -0.05) is 41.4 Å². The largest absolute Gasteiger partial charge is 0.294 e. The van der Waals surface area contributed by atoms with Gasteiger partial charge in [-0.25, -0.2) is 9.97 Å². The van der Waals surface area contributed by atoms with E-state index in [2.05, 4.69) is 51.3 Å². The Kier molecular flexibility index (Phi) is 5.07. The third kappa shape index (κ3) is 3.86. The van der Waals surface area contributed by atoms with E-state index < -0.39 is 0 Å². The minimum Gasteiger partial charge on any atom is -0.294 e. The zero-order valence-electron chi connectivity index (χ0n) is 16.8. The van der Waals surface area contributed by atoms with Gasteiger partial charge in [0.2, 0.25) is 0 Å². The summed E-state index contributed by atoms with van der Waals surface area (Å²) in [7, 11) is 0. The SMILES string of the molecule is Cc1ccc(-c2[nH]ncc2CN2CCc3nc(-c4ccc(Cl)cc4)ncc3C2)cc1. The zero-order valence-corrected chi connectivity index (χ0v) is 17.5. The van der Waals surface area contributed by atoms with E-state index in [1.165, 1.54) is 22.3 Å². The first-order valence-corrected chi connectivity index (χ1v) is 10.5. The van der Waals surface area contributed by atoms with Crippen molar-refractivity contribution in [2.24, 2.45) is 0 Å². The zero-order chi connectivity index (χ0) is 20.5. The van der Waals surface area contributed by atoms with Crippen LogP contribution in [0.25, 0.3) is 22.6 Å². The van der Waals surface area contributed by atoms with Crippen LogP contribution in [-0.4, -0.2) is 31.6 Å². The van der Waals surface area contributed by atoms with Gasteiger partial charge in [-0.2, -0.15) is 5.10 Å². The predicted octanol–water partition coefficient (Wildman–Crippen LogP) is 5.05. The molecule has 0 unspecified atom stereocenters. The summed E-state index contributed by atoms with van der Waals surface area (Å²) in [6, 6.07) is 16.2. The monoisotopic (exact) mass is 415 g/mol. The van der Waals surface area contributed by atoms with Crippen LogP contribution in [0, 0.1) is 6.92 Å². The maximum Gasteiger partial charge on any atom is 0.159 e. The van der Waals surface area contributed by atoms with Crippen LogP contribution >= 0.6 is 11.6 Å².